The van der Waals surface area contributed by atoms with Crippen LogP contribution in [0.1, 0.15) is 39.5 Å². The number of hydrogen-bond donors (Lipinski definition) is 3. The van der Waals surface area contributed by atoms with E-state index in [0.717, 1.165) is 25.2 Å². The number of likely N-dealkylation sites (tertiary alicyclic amines) is 1. The molecule has 3 heterocycles. The Labute approximate surface area is 226 Å². The van der Waals surface area contributed by atoms with Crippen LogP contribution < -0.4 is 15.5 Å². The Bertz CT molecular complexity index is 975. The van der Waals surface area contributed by atoms with Gasteiger partial charge >= 0.3 is 0 Å². The van der Waals surface area contributed by atoms with Gasteiger partial charge in [-0.2, -0.15) is 0 Å². The van der Waals surface area contributed by atoms with Crippen molar-refractivity contribution in [1.82, 2.24) is 10.2 Å². The highest BCUT2D eigenvalue weighted by Crippen LogP contribution is 2.67. The monoisotopic (exact) mass is 580 g/mol. The minimum Gasteiger partial charge on any atom is -0.396 e. The molecule has 10 heteroatoms. The zero-order chi connectivity index (χ0) is 26.0. The quantitative estimate of drug-likeness (QED) is 0.275. The Morgan fingerprint density at radius 3 is 2.47 bits per heavy atom. The lowest BCUT2D eigenvalue weighted by Gasteiger charge is -2.35. The van der Waals surface area contributed by atoms with Crippen LogP contribution in [0, 0.1) is 11.8 Å². The van der Waals surface area contributed by atoms with Crippen molar-refractivity contribution in [2.24, 2.45) is 11.8 Å². The summed E-state index contributed by atoms with van der Waals surface area (Å²) < 4.78 is -0.644. The topological polar surface area (TPSA) is 102 Å². The van der Waals surface area contributed by atoms with Crippen molar-refractivity contribution < 1.29 is 19.5 Å². The normalized spacial score (nSPS) is 30.4. The zero-order valence-corrected chi connectivity index (χ0v) is 23.6. The van der Waals surface area contributed by atoms with Crippen LogP contribution in [0.2, 0.25) is 0 Å². The van der Waals surface area contributed by atoms with Gasteiger partial charge in [0, 0.05) is 54.7 Å². The van der Waals surface area contributed by atoms with Crippen molar-refractivity contribution in [3.05, 3.63) is 24.3 Å². The highest BCUT2D eigenvalue weighted by molar-refractivity contribution is 9.09. The Morgan fingerprint density at radius 1 is 1.17 bits per heavy atom. The van der Waals surface area contributed by atoms with Gasteiger partial charge < -0.3 is 25.5 Å². The number of nitrogens with one attached hydrogen (secondary N) is 2. The minimum atomic E-state index is -0.656. The van der Waals surface area contributed by atoms with Gasteiger partial charge in [0.15, 0.2) is 0 Å². The van der Waals surface area contributed by atoms with E-state index in [1.165, 1.54) is 0 Å². The van der Waals surface area contributed by atoms with Crippen LogP contribution >= 0.6 is 27.7 Å². The molecule has 36 heavy (non-hydrogen) atoms. The van der Waals surface area contributed by atoms with E-state index >= 15 is 0 Å². The van der Waals surface area contributed by atoms with Crippen LogP contribution in [0.5, 0.6) is 0 Å². The number of aliphatic hydroxyl groups is 1. The lowest BCUT2D eigenvalue weighted by atomic mass is 9.70. The fraction of sp³-hybridized carbons (Fsp3) is 0.654. The van der Waals surface area contributed by atoms with Crippen molar-refractivity contribution in [2.45, 2.75) is 60.4 Å². The van der Waals surface area contributed by atoms with E-state index < -0.39 is 22.6 Å². The van der Waals surface area contributed by atoms with Crippen LogP contribution in [0.3, 0.4) is 0 Å². The van der Waals surface area contributed by atoms with Gasteiger partial charge in [0.1, 0.15) is 6.04 Å². The smallest absolute Gasteiger partial charge is 0.248 e. The van der Waals surface area contributed by atoms with Crippen LogP contribution in [0.15, 0.2) is 24.3 Å². The number of carbonyl (C=O) groups excluding carboxylic acids is 3. The van der Waals surface area contributed by atoms with E-state index in [1.54, 1.807) is 23.7 Å². The summed E-state index contributed by atoms with van der Waals surface area (Å²) in [5.74, 6) is -1.41. The second-order valence-electron chi connectivity index (χ2n) is 9.80. The predicted molar refractivity (Wildman–Crippen MR) is 148 cm³/mol. The Morgan fingerprint density at radius 2 is 1.86 bits per heavy atom. The first kappa shape index (κ1) is 27.3. The molecule has 3 aliphatic heterocycles. The SMILES string of the molecule is CCN(CC)c1ccc(NC(=O)C2N(CCCCCO)C(=O)[C@@H]3[C@@H](C(=O)NC)[C@@H]4SC23CC4Br)cc1. The standard InChI is InChI=1S/C26H37BrN4O4S/c1-4-30(5-2)17-11-9-16(10-12-17)29-24(34)22-26-15-18(27)21(36-26)19(23(33)28-3)20(26)25(35)31(22)13-7-6-8-14-32/h9-12,18-22,32H,4-8,13-15H2,1-3H3,(H,28,33)(H,29,34)/t18?,19-,20+,21-,22?,26?/m1/s1. The van der Waals surface area contributed by atoms with Gasteiger partial charge in [0.25, 0.3) is 0 Å². The number of nitrogens with zero attached hydrogens (tertiary/aromatic N) is 2. The molecule has 3 unspecified atom stereocenters. The number of unbranched alkanes of at least 4 members (excludes halogenated alkanes) is 2. The lowest BCUT2D eigenvalue weighted by Crippen LogP contribution is -2.53. The maximum atomic E-state index is 13.9. The van der Waals surface area contributed by atoms with Crippen molar-refractivity contribution in [1.29, 1.82) is 0 Å². The number of aliphatic hydroxyl groups excluding tert-OH is 1. The molecule has 198 valence electrons. The molecular weight excluding hydrogens is 544 g/mol. The van der Waals surface area contributed by atoms with E-state index in [0.29, 0.717) is 31.5 Å². The number of rotatable bonds is 11. The second-order valence-corrected chi connectivity index (χ2v) is 12.5. The molecule has 3 amide bonds. The molecule has 3 fully saturated rings. The van der Waals surface area contributed by atoms with E-state index in [9.17, 15) is 14.4 Å². The molecule has 1 spiro atoms. The average molecular weight is 582 g/mol. The molecule has 0 radical (unpaired) electrons. The fourth-order valence-electron chi connectivity index (χ4n) is 6.26. The van der Waals surface area contributed by atoms with Gasteiger partial charge in [0.2, 0.25) is 17.7 Å². The van der Waals surface area contributed by atoms with Gasteiger partial charge in [0.05, 0.1) is 16.6 Å². The number of anilines is 2. The maximum Gasteiger partial charge on any atom is 0.248 e. The van der Waals surface area contributed by atoms with Crippen molar-refractivity contribution in [2.75, 3.05) is 43.5 Å². The summed E-state index contributed by atoms with van der Waals surface area (Å²) in [4.78, 5) is 44.6. The first-order valence-electron chi connectivity index (χ1n) is 12.9. The maximum absolute atomic E-state index is 13.9. The second kappa shape index (κ2) is 11.3. The molecule has 0 saturated carbocycles. The summed E-state index contributed by atoms with van der Waals surface area (Å²) in [7, 11) is 1.60. The number of hydrogen-bond acceptors (Lipinski definition) is 6. The highest BCUT2D eigenvalue weighted by Gasteiger charge is 2.75. The van der Waals surface area contributed by atoms with Gasteiger partial charge in [-0.25, -0.2) is 0 Å². The van der Waals surface area contributed by atoms with E-state index in [4.69, 9.17) is 5.11 Å². The van der Waals surface area contributed by atoms with Gasteiger partial charge in [-0.1, -0.05) is 15.9 Å². The molecule has 0 aliphatic carbocycles. The Balaban J connectivity index is 1.62. The summed E-state index contributed by atoms with van der Waals surface area (Å²) in [6.45, 7) is 6.57. The van der Waals surface area contributed by atoms with Crippen LogP contribution in [0.25, 0.3) is 0 Å². The molecule has 3 N–H and O–H groups in total. The first-order valence-corrected chi connectivity index (χ1v) is 14.7. The summed E-state index contributed by atoms with van der Waals surface area (Å²) in [6.07, 6.45) is 2.80. The van der Waals surface area contributed by atoms with Gasteiger partial charge in [-0.15, -0.1) is 11.8 Å². The number of fused-ring (bicyclic) bond motifs is 1. The summed E-state index contributed by atoms with van der Waals surface area (Å²) in [6, 6.07) is 7.16. The van der Waals surface area contributed by atoms with Crippen molar-refractivity contribution >= 4 is 56.8 Å². The minimum absolute atomic E-state index is 0.0425. The fourth-order valence-corrected chi connectivity index (χ4v) is 9.88. The van der Waals surface area contributed by atoms with Gasteiger partial charge in [-0.05, 0) is 63.8 Å². The van der Waals surface area contributed by atoms with E-state index in [2.05, 4.69) is 45.3 Å². The Hall–Kier alpha value is -1.78. The summed E-state index contributed by atoms with van der Waals surface area (Å²) >= 11 is 5.40. The number of benzene rings is 1. The molecule has 0 aromatic heterocycles. The number of thioether (sulfide) groups is 1. The zero-order valence-electron chi connectivity index (χ0n) is 21.2. The third kappa shape index (κ3) is 4.65. The number of carbonyl (C=O) groups is 3. The predicted octanol–water partition coefficient (Wildman–Crippen LogP) is 2.84. The number of halogens is 1. The highest BCUT2D eigenvalue weighted by atomic mass is 79.9. The van der Waals surface area contributed by atoms with Crippen LogP contribution in [0.4, 0.5) is 11.4 Å². The van der Waals surface area contributed by atoms with E-state index in [-0.39, 0.29) is 34.4 Å². The molecule has 8 nitrogen and oxygen atoms in total. The molecule has 4 rings (SSSR count). The third-order valence-electron chi connectivity index (χ3n) is 7.91. The molecule has 6 atom stereocenters. The third-order valence-corrected chi connectivity index (χ3v) is 11.1. The molecule has 3 aliphatic rings. The van der Waals surface area contributed by atoms with Crippen molar-refractivity contribution in [3.63, 3.8) is 0 Å². The van der Waals surface area contributed by atoms with Crippen LogP contribution in [-0.2, 0) is 14.4 Å². The molecule has 1 aromatic rings. The lowest BCUT2D eigenvalue weighted by molar-refractivity contribution is -0.139. The molecule has 1 aromatic carbocycles. The number of alkyl halides is 1. The largest absolute Gasteiger partial charge is 0.396 e. The van der Waals surface area contributed by atoms with Gasteiger partial charge in [-0.3, -0.25) is 14.4 Å². The molecule has 3 saturated heterocycles. The van der Waals surface area contributed by atoms with E-state index in [1.807, 2.05) is 24.3 Å². The molecular formula is C26H37BrN4O4S. The first-order chi connectivity index (χ1) is 17.3. The summed E-state index contributed by atoms with van der Waals surface area (Å²) in [5.41, 5.74) is 1.79. The molecule has 2 bridgehead atoms. The van der Waals surface area contributed by atoms with Crippen LogP contribution in [-0.4, -0.2) is 81.9 Å². The van der Waals surface area contributed by atoms with Crippen molar-refractivity contribution in [3.8, 4) is 0 Å². The number of amides is 3. The summed E-state index contributed by atoms with van der Waals surface area (Å²) in [5, 5.41) is 15.0. The average Bonchev–Trinajstić information content (AvgIpc) is 3.46. The Kier molecular flexibility index (Phi) is 8.56.